The summed E-state index contributed by atoms with van der Waals surface area (Å²) in [5.41, 5.74) is 8.17. The number of rotatable bonds is 4. The number of halogens is 2. The van der Waals surface area contributed by atoms with Gasteiger partial charge in [-0.25, -0.2) is 4.79 Å². The second-order valence-corrected chi connectivity index (χ2v) is 7.77. The van der Waals surface area contributed by atoms with Gasteiger partial charge in [-0.05, 0) is 29.8 Å². The monoisotopic (exact) mass is 445 g/mol. The summed E-state index contributed by atoms with van der Waals surface area (Å²) >= 11 is 12.6. The first kappa shape index (κ1) is 22.0. The molecule has 0 radical (unpaired) electrons. The molecule has 4 N–H and O–H groups in total. The number of carboxylic acids is 1. The maximum Gasteiger partial charge on any atom is 0.326 e. The Morgan fingerprint density at radius 3 is 2.53 bits per heavy atom. The number of anilines is 2. The minimum absolute atomic E-state index is 0.160. The van der Waals surface area contributed by atoms with Crippen LogP contribution in [0.3, 0.4) is 0 Å². The molecule has 1 aliphatic rings. The normalized spacial score (nSPS) is 17.2. The number of amides is 1. The fraction of sp³-hybridized carbons (Fsp3) is 0.273. The van der Waals surface area contributed by atoms with E-state index in [0.29, 0.717) is 39.9 Å². The van der Waals surface area contributed by atoms with Crippen LogP contribution < -0.4 is 16.0 Å². The van der Waals surface area contributed by atoms with Gasteiger partial charge in [-0.3, -0.25) is 4.79 Å². The lowest BCUT2D eigenvalue weighted by molar-refractivity contribution is -0.138. The van der Waals surface area contributed by atoms with E-state index in [1.165, 1.54) is 6.92 Å². The zero-order valence-corrected chi connectivity index (χ0v) is 17.8. The van der Waals surface area contributed by atoms with Gasteiger partial charge in [0.05, 0.1) is 12.6 Å². The van der Waals surface area contributed by atoms with Gasteiger partial charge >= 0.3 is 5.97 Å². The number of nitrogens with zero attached hydrogens (tertiary/aromatic N) is 1. The number of fused-ring (bicyclic) bond motifs is 1. The Morgan fingerprint density at radius 1 is 1.23 bits per heavy atom. The molecule has 1 heterocycles. The van der Waals surface area contributed by atoms with Crippen LogP contribution in [0, 0.1) is 11.8 Å². The lowest BCUT2D eigenvalue weighted by atomic mass is 9.91. The topological polar surface area (TPSA) is 95.7 Å². The van der Waals surface area contributed by atoms with Gasteiger partial charge in [-0.2, -0.15) is 0 Å². The Labute approximate surface area is 185 Å². The van der Waals surface area contributed by atoms with Crippen LogP contribution in [-0.4, -0.2) is 29.6 Å². The van der Waals surface area contributed by atoms with Crippen LogP contribution in [0.1, 0.15) is 30.5 Å². The molecule has 0 saturated heterocycles. The van der Waals surface area contributed by atoms with Gasteiger partial charge < -0.3 is 21.1 Å². The Hall–Kier alpha value is -2.72. The summed E-state index contributed by atoms with van der Waals surface area (Å²) in [6.07, 6.45) is 0.714. The maximum absolute atomic E-state index is 12.7. The standard InChI is InChI=1S/C22H21Cl2N3O3/c1-13(28)27(16-7-5-14(6-8-16)4-2-3-9-25)20-12-19(22(29)30)26-18-11-15(23)10-17(24)21(18)20/h5-8,10-11,19-20,26H,4,9,12,25H2,1H3,(H,29,30)/t19-,20+/m0/s1. The van der Waals surface area contributed by atoms with Crippen molar-refractivity contribution in [1.29, 1.82) is 0 Å². The van der Waals surface area contributed by atoms with Gasteiger partial charge in [0.25, 0.3) is 0 Å². The van der Waals surface area contributed by atoms with Crippen LogP contribution in [0.15, 0.2) is 36.4 Å². The van der Waals surface area contributed by atoms with Crippen LogP contribution in [0.2, 0.25) is 10.0 Å². The van der Waals surface area contributed by atoms with Crippen molar-refractivity contribution in [2.24, 2.45) is 5.73 Å². The fourth-order valence-electron chi connectivity index (χ4n) is 3.62. The smallest absolute Gasteiger partial charge is 0.326 e. The zero-order valence-electron chi connectivity index (χ0n) is 16.3. The van der Waals surface area contributed by atoms with Gasteiger partial charge in [0.15, 0.2) is 0 Å². The van der Waals surface area contributed by atoms with E-state index in [9.17, 15) is 14.7 Å². The highest BCUT2D eigenvalue weighted by Gasteiger charge is 2.37. The quantitative estimate of drug-likeness (QED) is 0.620. The van der Waals surface area contributed by atoms with Crippen LogP contribution >= 0.6 is 23.2 Å². The summed E-state index contributed by atoms with van der Waals surface area (Å²) in [6, 6.07) is 9.19. The van der Waals surface area contributed by atoms with Crippen LogP contribution in [0.5, 0.6) is 0 Å². The van der Waals surface area contributed by atoms with Crippen molar-refractivity contribution in [2.45, 2.75) is 31.8 Å². The summed E-state index contributed by atoms with van der Waals surface area (Å²) < 4.78 is 0. The van der Waals surface area contributed by atoms with E-state index in [-0.39, 0.29) is 12.3 Å². The summed E-state index contributed by atoms with van der Waals surface area (Å²) in [4.78, 5) is 26.0. The molecular formula is C22H21Cl2N3O3. The van der Waals surface area contributed by atoms with Gasteiger partial charge in [0, 0.05) is 46.7 Å². The molecule has 3 rings (SSSR count). The molecule has 30 heavy (non-hydrogen) atoms. The highest BCUT2D eigenvalue weighted by molar-refractivity contribution is 6.35. The predicted molar refractivity (Wildman–Crippen MR) is 119 cm³/mol. The molecule has 1 aliphatic heterocycles. The summed E-state index contributed by atoms with van der Waals surface area (Å²) in [5.74, 6) is 4.55. The molecule has 0 fully saturated rings. The predicted octanol–water partition coefficient (Wildman–Crippen LogP) is 3.86. The zero-order chi connectivity index (χ0) is 21.8. The SMILES string of the molecule is CC(=O)N(c1ccc(CC#CCN)cc1)[C@@H]1C[C@@H](C(=O)O)Nc2cc(Cl)cc(Cl)c21. The third-order valence-corrected chi connectivity index (χ3v) is 5.43. The number of carbonyl (C=O) groups is 2. The summed E-state index contributed by atoms with van der Waals surface area (Å²) in [6.45, 7) is 1.75. The van der Waals surface area contributed by atoms with E-state index >= 15 is 0 Å². The molecule has 2 atom stereocenters. The minimum Gasteiger partial charge on any atom is -0.480 e. The number of carboxylic acid groups (broad SMARTS) is 1. The average molecular weight is 446 g/mol. The molecule has 0 spiro atoms. The van der Waals surface area contributed by atoms with E-state index in [2.05, 4.69) is 17.2 Å². The molecule has 0 aliphatic carbocycles. The van der Waals surface area contributed by atoms with Crippen molar-refractivity contribution in [2.75, 3.05) is 16.8 Å². The van der Waals surface area contributed by atoms with Crippen molar-refractivity contribution in [3.8, 4) is 11.8 Å². The molecule has 1 amide bonds. The Balaban J connectivity index is 2.03. The van der Waals surface area contributed by atoms with E-state index < -0.39 is 18.1 Å². The number of hydrogen-bond acceptors (Lipinski definition) is 4. The number of carbonyl (C=O) groups excluding carboxylic acids is 1. The van der Waals surface area contributed by atoms with Gasteiger partial charge in [-0.1, -0.05) is 47.2 Å². The number of nitrogens with one attached hydrogen (secondary N) is 1. The second-order valence-electron chi connectivity index (χ2n) is 6.93. The first-order chi connectivity index (χ1) is 14.3. The Bertz CT molecular complexity index is 1030. The average Bonchev–Trinajstić information content (AvgIpc) is 2.68. The third-order valence-electron chi connectivity index (χ3n) is 4.90. The first-order valence-corrected chi connectivity index (χ1v) is 10.1. The van der Waals surface area contributed by atoms with Gasteiger partial charge in [0.1, 0.15) is 6.04 Å². The number of hydrogen-bond donors (Lipinski definition) is 3. The molecule has 0 unspecified atom stereocenters. The van der Waals surface area contributed by atoms with Crippen LogP contribution in [-0.2, 0) is 16.0 Å². The molecule has 0 aromatic heterocycles. The van der Waals surface area contributed by atoms with E-state index in [1.54, 1.807) is 17.0 Å². The van der Waals surface area contributed by atoms with Crippen LogP contribution in [0.4, 0.5) is 11.4 Å². The lowest BCUT2D eigenvalue weighted by Gasteiger charge is -2.38. The third kappa shape index (κ3) is 4.71. The van der Waals surface area contributed by atoms with Crippen molar-refractivity contribution < 1.29 is 14.7 Å². The summed E-state index contributed by atoms with van der Waals surface area (Å²) in [7, 11) is 0. The fourth-order valence-corrected chi connectivity index (χ4v) is 4.24. The molecule has 0 saturated carbocycles. The molecule has 156 valence electrons. The highest BCUT2D eigenvalue weighted by Crippen LogP contribution is 2.44. The van der Waals surface area contributed by atoms with Crippen molar-refractivity contribution in [3.63, 3.8) is 0 Å². The maximum atomic E-state index is 12.7. The molecule has 8 heteroatoms. The Morgan fingerprint density at radius 2 is 1.93 bits per heavy atom. The lowest BCUT2D eigenvalue weighted by Crippen LogP contribution is -2.43. The number of benzene rings is 2. The van der Waals surface area contributed by atoms with Gasteiger partial charge in [-0.15, -0.1) is 0 Å². The molecule has 0 bridgehead atoms. The van der Waals surface area contributed by atoms with Crippen molar-refractivity contribution >= 4 is 46.5 Å². The first-order valence-electron chi connectivity index (χ1n) is 9.34. The number of nitrogens with two attached hydrogens (primary N) is 1. The molecule has 2 aromatic carbocycles. The second kappa shape index (κ2) is 9.40. The van der Waals surface area contributed by atoms with E-state index in [0.717, 1.165) is 5.56 Å². The highest BCUT2D eigenvalue weighted by atomic mass is 35.5. The van der Waals surface area contributed by atoms with Gasteiger partial charge in [0.2, 0.25) is 5.91 Å². The van der Waals surface area contributed by atoms with E-state index in [1.807, 2.05) is 24.3 Å². The minimum atomic E-state index is -1.01. The van der Waals surface area contributed by atoms with Crippen molar-refractivity contribution in [1.82, 2.24) is 0 Å². The van der Waals surface area contributed by atoms with Crippen molar-refractivity contribution in [3.05, 3.63) is 57.6 Å². The summed E-state index contributed by atoms with van der Waals surface area (Å²) in [5, 5.41) is 13.3. The Kier molecular flexibility index (Phi) is 6.88. The molecular weight excluding hydrogens is 425 g/mol. The number of aliphatic carboxylic acids is 1. The molecule has 2 aromatic rings. The largest absolute Gasteiger partial charge is 0.480 e. The van der Waals surface area contributed by atoms with E-state index in [4.69, 9.17) is 28.9 Å². The molecule has 6 nitrogen and oxygen atoms in total. The van der Waals surface area contributed by atoms with Crippen LogP contribution in [0.25, 0.3) is 0 Å².